The predicted molar refractivity (Wildman–Crippen MR) is 84.1 cm³/mol. The average Bonchev–Trinajstić information content (AvgIpc) is 2.55. The van der Waals surface area contributed by atoms with Crippen molar-refractivity contribution < 1.29 is 27.8 Å². The molecule has 0 bridgehead atoms. The molecule has 0 aliphatic rings. The number of rotatable bonds is 8. The molecule has 6 nitrogen and oxygen atoms in total. The molecular formula is C15H24F2N2O4. The van der Waals surface area contributed by atoms with Gasteiger partial charge in [-0.15, -0.1) is 0 Å². The zero-order chi connectivity index (χ0) is 17.9. The minimum Gasteiger partial charge on any atom is -0.494 e. The van der Waals surface area contributed by atoms with Gasteiger partial charge in [0.2, 0.25) is 0 Å². The zero-order valence-corrected chi connectivity index (χ0v) is 13.8. The molecule has 0 radical (unpaired) electrons. The second-order valence-electron chi connectivity index (χ2n) is 3.92. The Hall–Kier alpha value is -2.09. The quantitative estimate of drug-likeness (QED) is 0.711. The molecule has 23 heavy (non-hydrogen) atoms. The van der Waals surface area contributed by atoms with Crippen LogP contribution in [0.15, 0.2) is 18.2 Å². The summed E-state index contributed by atoms with van der Waals surface area (Å²) in [6.07, 6.45) is -4.06. The first-order valence-corrected chi connectivity index (χ1v) is 7.30. The third kappa shape index (κ3) is 6.68. The molecular weight excluding hydrogens is 310 g/mol. The maximum atomic E-state index is 13.5. The van der Waals surface area contributed by atoms with Crippen LogP contribution >= 0.6 is 0 Å². The molecule has 3 N–H and O–H groups in total. The van der Waals surface area contributed by atoms with Crippen molar-refractivity contribution in [3.05, 3.63) is 18.2 Å². The van der Waals surface area contributed by atoms with Crippen molar-refractivity contribution in [2.24, 2.45) is 5.73 Å². The Bertz CT molecular complexity index is 485. The van der Waals surface area contributed by atoms with E-state index in [0.717, 1.165) is 0 Å². The van der Waals surface area contributed by atoms with E-state index in [4.69, 9.17) is 10.5 Å². The van der Waals surface area contributed by atoms with Gasteiger partial charge in [0.05, 0.1) is 19.4 Å². The van der Waals surface area contributed by atoms with Gasteiger partial charge in [0.15, 0.2) is 0 Å². The van der Waals surface area contributed by atoms with Crippen molar-refractivity contribution in [2.45, 2.75) is 26.9 Å². The third-order valence-corrected chi connectivity index (χ3v) is 2.39. The Morgan fingerprint density at radius 2 is 2.00 bits per heavy atom. The van der Waals surface area contributed by atoms with E-state index in [9.17, 15) is 13.6 Å². The molecule has 0 amide bonds. The van der Waals surface area contributed by atoms with Crippen molar-refractivity contribution in [1.82, 2.24) is 0 Å². The molecule has 132 valence electrons. The first kappa shape index (κ1) is 20.9. The molecule has 0 atom stereocenters. The number of alkyl halides is 2. The van der Waals surface area contributed by atoms with Crippen LogP contribution in [0.4, 0.5) is 14.5 Å². The fourth-order valence-corrected chi connectivity index (χ4v) is 1.49. The van der Waals surface area contributed by atoms with Crippen LogP contribution in [-0.4, -0.2) is 38.9 Å². The van der Waals surface area contributed by atoms with E-state index in [1.54, 1.807) is 0 Å². The summed E-state index contributed by atoms with van der Waals surface area (Å²) in [5, 5.41) is 2.96. The number of carbonyl (C=O) groups excluding carboxylic acids is 1. The van der Waals surface area contributed by atoms with E-state index < -0.39 is 12.1 Å². The molecule has 0 saturated carbocycles. The van der Waals surface area contributed by atoms with Gasteiger partial charge in [0.1, 0.15) is 11.5 Å². The molecule has 1 aromatic rings. The summed E-state index contributed by atoms with van der Waals surface area (Å²) < 4.78 is 40.6. The molecule has 1 aromatic carbocycles. The minimum atomic E-state index is -4.06. The van der Waals surface area contributed by atoms with Gasteiger partial charge >= 0.3 is 12.1 Å². The number of nitrogens with one attached hydrogen (secondary N) is 1. The monoisotopic (exact) mass is 334 g/mol. The van der Waals surface area contributed by atoms with E-state index in [2.05, 4.69) is 14.8 Å². The smallest absolute Gasteiger partial charge is 0.494 e. The number of carbonyl (C=O) groups is 1. The van der Waals surface area contributed by atoms with Gasteiger partial charge < -0.3 is 25.3 Å². The number of halogens is 2. The number of methoxy groups -OCH3 is 1. The lowest BCUT2D eigenvalue weighted by Gasteiger charge is -2.17. The topological polar surface area (TPSA) is 82.8 Å². The van der Waals surface area contributed by atoms with Gasteiger partial charge in [0, 0.05) is 19.2 Å². The lowest BCUT2D eigenvalue weighted by atomic mass is 10.2. The molecule has 8 heteroatoms. The summed E-state index contributed by atoms with van der Waals surface area (Å²) in [5.41, 5.74) is 5.94. The highest BCUT2D eigenvalue weighted by Crippen LogP contribution is 2.32. The molecule has 0 aliphatic heterocycles. The van der Waals surface area contributed by atoms with E-state index in [-0.39, 0.29) is 12.4 Å². The second kappa shape index (κ2) is 10.6. The minimum absolute atomic E-state index is 0.164. The van der Waals surface area contributed by atoms with Crippen LogP contribution in [-0.2, 0) is 9.53 Å². The van der Waals surface area contributed by atoms with Crippen LogP contribution in [0.5, 0.6) is 11.5 Å². The first-order chi connectivity index (χ1) is 10.9. The summed E-state index contributed by atoms with van der Waals surface area (Å²) in [6, 6.07) is 4.02. The number of ether oxygens (including phenoxy) is 3. The van der Waals surface area contributed by atoms with Crippen molar-refractivity contribution in [2.75, 3.05) is 32.1 Å². The highest BCUT2D eigenvalue weighted by atomic mass is 19.3. The molecule has 0 aliphatic carbocycles. The number of benzene rings is 1. The van der Waals surface area contributed by atoms with Crippen LogP contribution in [0, 0.1) is 0 Å². The van der Waals surface area contributed by atoms with Crippen LogP contribution in [0.25, 0.3) is 0 Å². The number of anilines is 1. The van der Waals surface area contributed by atoms with Crippen molar-refractivity contribution in [3.8, 4) is 11.5 Å². The number of esters is 1. The standard InChI is InChI=1S/C13H18F2N2O4.C2H6/c1-3-20-12(18)13(14,15)21-9-4-5-10(17-7-6-16)11(8-9)19-2;1-2/h4-5,8,17H,3,6-7,16H2,1-2H3;1-2H3. The van der Waals surface area contributed by atoms with Gasteiger partial charge in [-0.3, -0.25) is 0 Å². The summed E-state index contributed by atoms with van der Waals surface area (Å²) in [7, 11) is 1.39. The molecule has 0 aromatic heterocycles. The molecule has 1 rings (SSSR count). The number of hydrogen-bond donors (Lipinski definition) is 2. The van der Waals surface area contributed by atoms with Crippen molar-refractivity contribution in [1.29, 1.82) is 0 Å². The molecule has 0 saturated heterocycles. The lowest BCUT2D eigenvalue weighted by molar-refractivity contribution is -0.216. The highest BCUT2D eigenvalue weighted by Gasteiger charge is 2.44. The van der Waals surface area contributed by atoms with E-state index >= 15 is 0 Å². The van der Waals surface area contributed by atoms with E-state index in [0.29, 0.717) is 24.5 Å². The Morgan fingerprint density at radius 3 is 2.52 bits per heavy atom. The predicted octanol–water partition coefficient (Wildman–Crippen LogP) is 2.63. The van der Waals surface area contributed by atoms with Crippen LogP contribution in [0.2, 0.25) is 0 Å². The van der Waals surface area contributed by atoms with Gasteiger partial charge in [0.25, 0.3) is 0 Å². The first-order valence-electron chi connectivity index (χ1n) is 7.30. The van der Waals surface area contributed by atoms with Gasteiger partial charge in [-0.2, -0.15) is 8.78 Å². The lowest BCUT2D eigenvalue weighted by Crippen LogP contribution is -2.36. The Balaban J connectivity index is 0.00000232. The molecule has 0 heterocycles. The van der Waals surface area contributed by atoms with Crippen molar-refractivity contribution in [3.63, 3.8) is 0 Å². The third-order valence-electron chi connectivity index (χ3n) is 2.39. The second-order valence-corrected chi connectivity index (χ2v) is 3.92. The van der Waals surface area contributed by atoms with Crippen LogP contribution in [0.1, 0.15) is 20.8 Å². The fraction of sp³-hybridized carbons (Fsp3) is 0.533. The van der Waals surface area contributed by atoms with Gasteiger partial charge in [-0.05, 0) is 19.1 Å². The number of nitrogens with two attached hydrogens (primary N) is 1. The van der Waals surface area contributed by atoms with E-state index in [1.165, 1.54) is 32.2 Å². The zero-order valence-electron chi connectivity index (χ0n) is 13.8. The summed E-state index contributed by atoms with van der Waals surface area (Å²) in [5.74, 6) is -1.67. The van der Waals surface area contributed by atoms with Crippen molar-refractivity contribution >= 4 is 11.7 Å². The maximum absolute atomic E-state index is 13.5. The van der Waals surface area contributed by atoms with Crippen LogP contribution < -0.4 is 20.5 Å². The van der Waals surface area contributed by atoms with E-state index in [1.807, 2.05) is 13.8 Å². The summed E-state index contributed by atoms with van der Waals surface area (Å²) in [4.78, 5) is 11.1. The molecule has 0 unspecified atom stereocenters. The Morgan fingerprint density at radius 1 is 1.35 bits per heavy atom. The summed E-state index contributed by atoms with van der Waals surface area (Å²) in [6.45, 7) is 6.16. The Labute approximate surface area is 134 Å². The summed E-state index contributed by atoms with van der Waals surface area (Å²) >= 11 is 0. The molecule has 0 fully saturated rings. The fourth-order valence-electron chi connectivity index (χ4n) is 1.49. The van der Waals surface area contributed by atoms with Crippen LogP contribution in [0.3, 0.4) is 0 Å². The normalized spacial score (nSPS) is 10.2. The number of hydrogen-bond acceptors (Lipinski definition) is 6. The Kier molecular flexibility index (Phi) is 9.64. The largest absolute Gasteiger partial charge is 0.502 e. The molecule has 0 spiro atoms. The maximum Gasteiger partial charge on any atom is 0.502 e. The SMILES string of the molecule is CC.CCOC(=O)C(F)(F)Oc1ccc(NCCN)c(OC)c1. The van der Waals surface area contributed by atoms with Gasteiger partial charge in [-0.1, -0.05) is 13.8 Å². The van der Waals surface area contributed by atoms with Gasteiger partial charge in [-0.25, -0.2) is 4.79 Å². The average molecular weight is 334 g/mol. The highest BCUT2D eigenvalue weighted by molar-refractivity contribution is 5.76.